The number of benzene rings is 1. The summed E-state index contributed by atoms with van der Waals surface area (Å²) in [4.78, 5) is 2.00. The summed E-state index contributed by atoms with van der Waals surface area (Å²) in [5, 5.41) is 0. The Morgan fingerprint density at radius 1 is 1.12 bits per heavy atom. The fourth-order valence-corrected chi connectivity index (χ4v) is 1.43. The molecule has 0 amide bonds. The van der Waals surface area contributed by atoms with Gasteiger partial charge in [-0.3, -0.25) is 0 Å². The van der Waals surface area contributed by atoms with E-state index in [-0.39, 0.29) is 0 Å². The topological polar surface area (TPSA) is 3.24 Å². The standard InChI is InChI=1S/C13H17N.C2H6/c1-4-14(5-2)11-12(3)13-9-7-6-8-10-13;1-2/h4-10,12H,1-2,11H2,3H3;1-2H3/t12-;/m1./s1. The summed E-state index contributed by atoms with van der Waals surface area (Å²) in [5.74, 6) is 0.493. The highest BCUT2D eigenvalue weighted by Gasteiger charge is 2.06. The zero-order valence-electron chi connectivity index (χ0n) is 10.7. The summed E-state index contributed by atoms with van der Waals surface area (Å²) in [6.07, 6.45) is 3.60. The van der Waals surface area contributed by atoms with Crippen molar-refractivity contribution >= 4 is 0 Å². The van der Waals surface area contributed by atoms with Crippen molar-refractivity contribution in [3.8, 4) is 0 Å². The monoisotopic (exact) mass is 217 g/mol. The van der Waals surface area contributed by atoms with E-state index in [2.05, 4.69) is 44.3 Å². The van der Waals surface area contributed by atoms with Crippen LogP contribution in [-0.4, -0.2) is 11.4 Å². The van der Waals surface area contributed by atoms with Crippen molar-refractivity contribution in [2.24, 2.45) is 0 Å². The maximum Gasteiger partial charge on any atom is 0.0285 e. The smallest absolute Gasteiger partial charge is 0.0285 e. The van der Waals surface area contributed by atoms with E-state index in [1.165, 1.54) is 5.56 Å². The molecule has 0 fully saturated rings. The summed E-state index contributed by atoms with van der Waals surface area (Å²) in [6, 6.07) is 10.5. The van der Waals surface area contributed by atoms with Gasteiger partial charge >= 0.3 is 0 Å². The average Bonchev–Trinajstić information content (AvgIpc) is 2.39. The highest BCUT2D eigenvalue weighted by Crippen LogP contribution is 2.15. The van der Waals surface area contributed by atoms with E-state index in [1.807, 2.05) is 24.8 Å². The predicted octanol–water partition coefficient (Wildman–Crippen LogP) is 4.41. The molecule has 1 rings (SSSR count). The van der Waals surface area contributed by atoms with Crippen molar-refractivity contribution in [3.05, 3.63) is 61.5 Å². The molecule has 0 radical (unpaired) electrons. The average molecular weight is 217 g/mol. The van der Waals surface area contributed by atoms with Crippen molar-refractivity contribution in [2.45, 2.75) is 26.7 Å². The van der Waals surface area contributed by atoms with Gasteiger partial charge in [-0.25, -0.2) is 0 Å². The van der Waals surface area contributed by atoms with E-state index < -0.39 is 0 Å². The quantitative estimate of drug-likeness (QED) is 0.706. The van der Waals surface area contributed by atoms with Crippen LogP contribution in [0.5, 0.6) is 0 Å². The molecule has 0 bridgehead atoms. The van der Waals surface area contributed by atoms with Gasteiger partial charge in [-0.2, -0.15) is 0 Å². The SMILES string of the molecule is C=CN(C=C)C[C@@H](C)c1ccccc1.CC. The first-order chi connectivity index (χ1) is 7.77. The normalized spacial score (nSPS) is 10.7. The molecular formula is C15H23N. The molecule has 1 atom stereocenters. The van der Waals surface area contributed by atoms with Gasteiger partial charge in [0.2, 0.25) is 0 Å². The summed E-state index contributed by atoms with van der Waals surface area (Å²) in [7, 11) is 0. The highest BCUT2D eigenvalue weighted by atomic mass is 15.1. The summed E-state index contributed by atoms with van der Waals surface area (Å²) in [5.41, 5.74) is 1.35. The summed E-state index contributed by atoms with van der Waals surface area (Å²) < 4.78 is 0. The van der Waals surface area contributed by atoms with Crippen molar-refractivity contribution in [1.82, 2.24) is 4.90 Å². The molecule has 1 nitrogen and oxygen atoms in total. The minimum Gasteiger partial charge on any atom is -0.355 e. The van der Waals surface area contributed by atoms with Gasteiger partial charge in [0, 0.05) is 6.54 Å². The molecule has 1 heteroatoms. The molecule has 1 aromatic carbocycles. The fourth-order valence-electron chi connectivity index (χ4n) is 1.43. The lowest BCUT2D eigenvalue weighted by atomic mass is 10.0. The van der Waals surface area contributed by atoms with Gasteiger partial charge in [-0.05, 0) is 23.9 Å². The lowest BCUT2D eigenvalue weighted by Crippen LogP contribution is -2.16. The van der Waals surface area contributed by atoms with Gasteiger partial charge in [-0.15, -0.1) is 0 Å². The second kappa shape index (κ2) is 8.78. The highest BCUT2D eigenvalue weighted by molar-refractivity contribution is 5.19. The molecule has 0 spiro atoms. The van der Waals surface area contributed by atoms with Crippen molar-refractivity contribution < 1.29 is 0 Å². The van der Waals surface area contributed by atoms with E-state index >= 15 is 0 Å². The van der Waals surface area contributed by atoms with Crippen LogP contribution in [0.4, 0.5) is 0 Å². The second-order valence-corrected chi connectivity index (χ2v) is 3.37. The molecular weight excluding hydrogens is 194 g/mol. The fraction of sp³-hybridized carbons (Fsp3) is 0.333. The Morgan fingerprint density at radius 3 is 2.06 bits per heavy atom. The van der Waals surface area contributed by atoms with Gasteiger partial charge in [0.05, 0.1) is 0 Å². The molecule has 0 saturated heterocycles. The van der Waals surface area contributed by atoms with Crippen LogP contribution in [0.1, 0.15) is 32.3 Å². The maximum atomic E-state index is 3.73. The molecule has 0 saturated carbocycles. The van der Waals surface area contributed by atoms with E-state index in [0.29, 0.717) is 5.92 Å². The molecule has 0 aliphatic heterocycles. The van der Waals surface area contributed by atoms with Crippen LogP contribution in [0.25, 0.3) is 0 Å². The Hall–Kier alpha value is -1.50. The lowest BCUT2D eigenvalue weighted by molar-refractivity contribution is 0.467. The summed E-state index contributed by atoms with van der Waals surface area (Å²) >= 11 is 0. The van der Waals surface area contributed by atoms with Crippen LogP contribution in [0.2, 0.25) is 0 Å². The number of hydrogen-bond acceptors (Lipinski definition) is 1. The Labute approximate surface area is 100 Å². The number of rotatable bonds is 5. The number of hydrogen-bond donors (Lipinski definition) is 0. The zero-order valence-corrected chi connectivity index (χ0v) is 10.7. The van der Waals surface area contributed by atoms with E-state index in [4.69, 9.17) is 0 Å². The van der Waals surface area contributed by atoms with Crippen LogP contribution in [0, 0.1) is 0 Å². The van der Waals surface area contributed by atoms with Crippen LogP contribution >= 0.6 is 0 Å². The Balaban J connectivity index is 0.00000106. The first kappa shape index (κ1) is 14.5. The van der Waals surface area contributed by atoms with Crippen molar-refractivity contribution in [3.63, 3.8) is 0 Å². The zero-order chi connectivity index (χ0) is 12.4. The third-order valence-corrected chi connectivity index (χ3v) is 2.32. The van der Waals surface area contributed by atoms with Gasteiger partial charge < -0.3 is 4.90 Å². The predicted molar refractivity (Wildman–Crippen MR) is 73.3 cm³/mol. The molecule has 0 unspecified atom stereocenters. The van der Waals surface area contributed by atoms with Crippen molar-refractivity contribution in [2.75, 3.05) is 6.54 Å². The third kappa shape index (κ3) is 4.83. The van der Waals surface area contributed by atoms with Crippen LogP contribution in [0.15, 0.2) is 55.9 Å². The second-order valence-electron chi connectivity index (χ2n) is 3.37. The molecule has 0 N–H and O–H groups in total. The maximum absolute atomic E-state index is 3.73. The molecule has 1 aromatic rings. The van der Waals surface area contributed by atoms with E-state index in [1.54, 1.807) is 12.4 Å². The largest absolute Gasteiger partial charge is 0.355 e. The molecule has 88 valence electrons. The Bertz CT molecular complexity index is 282. The molecule has 0 aliphatic rings. The minimum absolute atomic E-state index is 0.493. The lowest BCUT2D eigenvalue weighted by Gasteiger charge is -2.20. The van der Waals surface area contributed by atoms with Crippen molar-refractivity contribution in [1.29, 1.82) is 0 Å². The first-order valence-corrected chi connectivity index (χ1v) is 5.83. The van der Waals surface area contributed by atoms with E-state index in [9.17, 15) is 0 Å². The molecule has 16 heavy (non-hydrogen) atoms. The first-order valence-electron chi connectivity index (χ1n) is 5.83. The summed E-state index contributed by atoms with van der Waals surface area (Å²) in [6.45, 7) is 14.6. The van der Waals surface area contributed by atoms with Crippen LogP contribution < -0.4 is 0 Å². The third-order valence-electron chi connectivity index (χ3n) is 2.32. The number of nitrogens with zero attached hydrogens (tertiary/aromatic N) is 1. The van der Waals surface area contributed by atoms with Gasteiger partial charge in [-0.1, -0.05) is 64.3 Å². The van der Waals surface area contributed by atoms with Gasteiger partial charge in [0.25, 0.3) is 0 Å². The van der Waals surface area contributed by atoms with Gasteiger partial charge in [0.1, 0.15) is 0 Å². The van der Waals surface area contributed by atoms with E-state index in [0.717, 1.165) is 6.54 Å². The molecule has 0 aromatic heterocycles. The Morgan fingerprint density at radius 2 is 1.62 bits per heavy atom. The molecule has 0 heterocycles. The minimum atomic E-state index is 0.493. The van der Waals surface area contributed by atoms with Crippen LogP contribution in [0.3, 0.4) is 0 Å². The van der Waals surface area contributed by atoms with Crippen LogP contribution in [-0.2, 0) is 0 Å². The van der Waals surface area contributed by atoms with Gasteiger partial charge in [0.15, 0.2) is 0 Å². The Kier molecular flexibility index (Phi) is 7.96. The molecule has 0 aliphatic carbocycles.